The van der Waals surface area contributed by atoms with Crippen molar-refractivity contribution in [2.45, 2.75) is 58.6 Å². The Kier molecular flexibility index (Phi) is 5.45. The van der Waals surface area contributed by atoms with Gasteiger partial charge in [0.1, 0.15) is 17.1 Å². The van der Waals surface area contributed by atoms with E-state index < -0.39 is 0 Å². The van der Waals surface area contributed by atoms with Crippen molar-refractivity contribution in [3.8, 4) is 11.5 Å². The van der Waals surface area contributed by atoms with Gasteiger partial charge in [-0.3, -0.25) is 4.79 Å². The number of methoxy groups -OCH3 is 1. The molecule has 1 N–H and O–H groups in total. The standard InChI is InChI=1S/C23H29NO3/c1-15-6-9-18-19(14-23(3,4)27-21(18)12-15)24-22(25)11-8-17-7-10-20(26-5)16(2)13-17/h6-7,9-10,12-13,19H,8,11,14H2,1-5H3,(H,24,25)/t19-/m0/s1. The number of carbonyl (C=O) groups is 1. The Morgan fingerprint density at radius 1 is 1.22 bits per heavy atom. The molecule has 0 spiro atoms. The Hall–Kier alpha value is -2.49. The second-order valence-corrected chi connectivity index (χ2v) is 8.03. The molecule has 0 saturated carbocycles. The van der Waals surface area contributed by atoms with Crippen LogP contribution in [0.3, 0.4) is 0 Å². The number of nitrogens with one attached hydrogen (secondary N) is 1. The summed E-state index contributed by atoms with van der Waals surface area (Å²) in [6, 6.07) is 12.2. The van der Waals surface area contributed by atoms with Crippen molar-refractivity contribution >= 4 is 5.91 Å². The summed E-state index contributed by atoms with van der Waals surface area (Å²) in [5.74, 6) is 1.82. The maximum absolute atomic E-state index is 12.6. The van der Waals surface area contributed by atoms with Crippen LogP contribution in [0.1, 0.15) is 55.0 Å². The van der Waals surface area contributed by atoms with Gasteiger partial charge in [-0.2, -0.15) is 0 Å². The smallest absolute Gasteiger partial charge is 0.220 e. The molecule has 1 aliphatic heterocycles. The molecule has 1 amide bonds. The summed E-state index contributed by atoms with van der Waals surface area (Å²) in [6.07, 6.45) is 1.94. The summed E-state index contributed by atoms with van der Waals surface area (Å²) >= 11 is 0. The number of hydrogen-bond acceptors (Lipinski definition) is 3. The van der Waals surface area contributed by atoms with Gasteiger partial charge >= 0.3 is 0 Å². The van der Waals surface area contributed by atoms with Crippen molar-refractivity contribution in [1.29, 1.82) is 0 Å². The number of aryl methyl sites for hydroxylation is 3. The lowest BCUT2D eigenvalue weighted by molar-refractivity contribution is -0.122. The van der Waals surface area contributed by atoms with Gasteiger partial charge in [0.2, 0.25) is 5.91 Å². The minimum Gasteiger partial charge on any atom is -0.496 e. The minimum absolute atomic E-state index is 0.0190. The minimum atomic E-state index is -0.300. The van der Waals surface area contributed by atoms with Crippen LogP contribution in [0, 0.1) is 13.8 Å². The zero-order valence-electron chi connectivity index (χ0n) is 16.9. The maximum Gasteiger partial charge on any atom is 0.220 e. The van der Waals surface area contributed by atoms with E-state index in [0.29, 0.717) is 12.8 Å². The Balaban J connectivity index is 1.66. The molecule has 0 fully saturated rings. The molecule has 1 atom stereocenters. The molecule has 4 nitrogen and oxygen atoms in total. The highest BCUT2D eigenvalue weighted by molar-refractivity contribution is 5.77. The quantitative estimate of drug-likeness (QED) is 0.836. The van der Waals surface area contributed by atoms with E-state index in [-0.39, 0.29) is 17.6 Å². The van der Waals surface area contributed by atoms with Crippen molar-refractivity contribution < 1.29 is 14.3 Å². The first kappa shape index (κ1) is 19.3. The van der Waals surface area contributed by atoms with Crippen LogP contribution in [-0.4, -0.2) is 18.6 Å². The predicted octanol–water partition coefficient (Wildman–Crippen LogP) is 4.66. The molecule has 0 radical (unpaired) electrons. The Morgan fingerprint density at radius 3 is 2.70 bits per heavy atom. The third-order valence-corrected chi connectivity index (χ3v) is 5.06. The van der Waals surface area contributed by atoms with E-state index in [2.05, 4.69) is 50.4 Å². The van der Waals surface area contributed by atoms with E-state index in [0.717, 1.165) is 40.2 Å². The molecule has 0 unspecified atom stereocenters. The Bertz CT molecular complexity index is 842. The van der Waals surface area contributed by atoms with Gasteiger partial charge in [-0.05, 0) is 62.9 Å². The van der Waals surface area contributed by atoms with Crippen molar-refractivity contribution in [3.05, 3.63) is 58.7 Å². The second kappa shape index (κ2) is 7.63. The Morgan fingerprint density at radius 2 is 2.00 bits per heavy atom. The van der Waals surface area contributed by atoms with E-state index in [9.17, 15) is 4.79 Å². The van der Waals surface area contributed by atoms with Gasteiger partial charge in [-0.15, -0.1) is 0 Å². The molecule has 0 aliphatic carbocycles. The molecule has 1 heterocycles. The molecule has 144 valence electrons. The molecule has 2 aromatic rings. The molecule has 27 heavy (non-hydrogen) atoms. The SMILES string of the molecule is COc1ccc(CCC(=O)N[C@H]2CC(C)(C)Oc3cc(C)ccc32)cc1C. The average Bonchev–Trinajstić information content (AvgIpc) is 2.58. The number of ether oxygens (including phenoxy) is 2. The number of carbonyl (C=O) groups excluding carboxylic acids is 1. The third-order valence-electron chi connectivity index (χ3n) is 5.06. The van der Waals surface area contributed by atoms with Crippen molar-refractivity contribution in [2.75, 3.05) is 7.11 Å². The molecule has 2 aromatic carbocycles. The van der Waals surface area contributed by atoms with Gasteiger partial charge in [0.25, 0.3) is 0 Å². The highest BCUT2D eigenvalue weighted by Crippen LogP contribution is 2.39. The molecule has 1 aliphatic rings. The van der Waals surface area contributed by atoms with Gasteiger partial charge in [0.05, 0.1) is 13.2 Å². The van der Waals surface area contributed by atoms with Crippen LogP contribution in [0.5, 0.6) is 11.5 Å². The summed E-state index contributed by atoms with van der Waals surface area (Å²) in [6.45, 7) is 8.20. The number of hydrogen-bond donors (Lipinski definition) is 1. The van der Waals surface area contributed by atoms with Crippen LogP contribution < -0.4 is 14.8 Å². The lowest BCUT2D eigenvalue weighted by Crippen LogP contribution is -2.41. The summed E-state index contributed by atoms with van der Waals surface area (Å²) in [4.78, 5) is 12.6. The van der Waals surface area contributed by atoms with Gasteiger partial charge < -0.3 is 14.8 Å². The monoisotopic (exact) mass is 367 g/mol. The summed E-state index contributed by atoms with van der Waals surface area (Å²) in [7, 11) is 1.67. The van der Waals surface area contributed by atoms with Crippen LogP contribution in [-0.2, 0) is 11.2 Å². The van der Waals surface area contributed by atoms with E-state index in [1.807, 2.05) is 19.1 Å². The number of amides is 1. The average molecular weight is 367 g/mol. The molecular formula is C23H29NO3. The Labute approximate surface area is 161 Å². The fourth-order valence-electron chi connectivity index (χ4n) is 3.71. The predicted molar refractivity (Wildman–Crippen MR) is 107 cm³/mol. The maximum atomic E-state index is 12.6. The zero-order valence-corrected chi connectivity index (χ0v) is 16.9. The van der Waals surface area contributed by atoms with E-state index in [4.69, 9.17) is 9.47 Å². The fraction of sp³-hybridized carbons (Fsp3) is 0.435. The largest absolute Gasteiger partial charge is 0.496 e. The molecule has 0 aromatic heterocycles. The molecule has 0 saturated heterocycles. The van der Waals surface area contributed by atoms with Gasteiger partial charge in [-0.25, -0.2) is 0 Å². The van der Waals surface area contributed by atoms with Gasteiger partial charge in [0, 0.05) is 18.4 Å². The van der Waals surface area contributed by atoms with Crippen LogP contribution in [0.2, 0.25) is 0 Å². The number of fused-ring (bicyclic) bond motifs is 1. The van der Waals surface area contributed by atoms with E-state index in [1.165, 1.54) is 0 Å². The molecular weight excluding hydrogens is 338 g/mol. The lowest BCUT2D eigenvalue weighted by Gasteiger charge is -2.38. The highest BCUT2D eigenvalue weighted by atomic mass is 16.5. The third kappa shape index (κ3) is 4.62. The topological polar surface area (TPSA) is 47.6 Å². The number of benzene rings is 2. The van der Waals surface area contributed by atoms with Crippen LogP contribution in [0.25, 0.3) is 0 Å². The molecule has 0 bridgehead atoms. The number of rotatable bonds is 5. The van der Waals surface area contributed by atoms with Crippen LogP contribution >= 0.6 is 0 Å². The van der Waals surface area contributed by atoms with Crippen molar-refractivity contribution in [3.63, 3.8) is 0 Å². The first-order valence-corrected chi connectivity index (χ1v) is 9.50. The van der Waals surface area contributed by atoms with Gasteiger partial charge in [0.15, 0.2) is 0 Å². The van der Waals surface area contributed by atoms with E-state index in [1.54, 1.807) is 7.11 Å². The summed E-state index contributed by atoms with van der Waals surface area (Å²) < 4.78 is 11.4. The fourth-order valence-corrected chi connectivity index (χ4v) is 3.71. The first-order chi connectivity index (χ1) is 12.8. The van der Waals surface area contributed by atoms with E-state index >= 15 is 0 Å². The zero-order chi connectivity index (χ0) is 19.6. The first-order valence-electron chi connectivity index (χ1n) is 9.50. The highest BCUT2D eigenvalue weighted by Gasteiger charge is 2.34. The van der Waals surface area contributed by atoms with Gasteiger partial charge in [-0.1, -0.05) is 24.3 Å². The summed E-state index contributed by atoms with van der Waals surface area (Å²) in [5.41, 5.74) is 4.16. The van der Waals surface area contributed by atoms with Crippen molar-refractivity contribution in [1.82, 2.24) is 5.32 Å². The normalized spacial score (nSPS) is 17.6. The lowest BCUT2D eigenvalue weighted by atomic mass is 9.89. The molecule has 3 rings (SSSR count). The van der Waals surface area contributed by atoms with Crippen LogP contribution in [0.4, 0.5) is 0 Å². The second-order valence-electron chi connectivity index (χ2n) is 8.03. The van der Waals surface area contributed by atoms with Crippen molar-refractivity contribution in [2.24, 2.45) is 0 Å². The van der Waals surface area contributed by atoms with Crippen LogP contribution in [0.15, 0.2) is 36.4 Å². The molecule has 4 heteroatoms. The summed E-state index contributed by atoms with van der Waals surface area (Å²) in [5, 5.41) is 3.21.